The highest BCUT2D eigenvalue weighted by atomic mass is 16.5. The molecule has 0 bridgehead atoms. The molecule has 0 aliphatic rings. The van der Waals surface area contributed by atoms with Gasteiger partial charge in [0.15, 0.2) is 11.5 Å². The SMILES string of the molecule is COCCOc1cc2ncn3c4cc(OC)ccc4nc3c2cc1OCCOC. The van der Waals surface area contributed by atoms with Crippen LogP contribution in [-0.4, -0.2) is 62.1 Å². The topological polar surface area (TPSA) is 76.3 Å². The largest absolute Gasteiger partial charge is 0.497 e. The number of methoxy groups -OCH3 is 3. The first kappa shape index (κ1) is 19.2. The molecule has 0 unspecified atom stereocenters. The van der Waals surface area contributed by atoms with Gasteiger partial charge in [0, 0.05) is 31.7 Å². The van der Waals surface area contributed by atoms with E-state index in [1.807, 2.05) is 34.7 Å². The maximum Gasteiger partial charge on any atom is 0.163 e. The molecular formula is C21H23N3O5. The first-order valence-electron chi connectivity index (χ1n) is 9.27. The van der Waals surface area contributed by atoms with E-state index in [4.69, 9.17) is 28.7 Å². The highest BCUT2D eigenvalue weighted by molar-refractivity contribution is 5.97. The molecule has 4 aromatic rings. The third-order valence-electron chi connectivity index (χ3n) is 4.60. The molecule has 152 valence electrons. The molecule has 0 amide bonds. The predicted octanol–water partition coefficient (Wildman–Crippen LogP) is 3.09. The fraction of sp³-hybridized carbons (Fsp3) is 0.333. The van der Waals surface area contributed by atoms with Crippen LogP contribution in [0, 0.1) is 0 Å². The molecule has 29 heavy (non-hydrogen) atoms. The quantitative estimate of drug-likeness (QED) is 0.402. The van der Waals surface area contributed by atoms with Gasteiger partial charge in [-0.15, -0.1) is 0 Å². The van der Waals surface area contributed by atoms with E-state index in [0.29, 0.717) is 37.9 Å². The number of hydrogen-bond donors (Lipinski definition) is 0. The van der Waals surface area contributed by atoms with Gasteiger partial charge in [-0.2, -0.15) is 0 Å². The van der Waals surface area contributed by atoms with Crippen LogP contribution in [0.2, 0.25) is 0 Å². The van der Waals surface area contributed by atoms with Gasteiger partial charge in [-0.3, -0.25) is 4.40 Å². The number of aromatic nitrogens is 3. The van der Waals surface area contributed by atoms with Gasteiger partial charge in [0.05, 0.1) is 36.9 Å². The second-order valence-corrected chi connectivity index (χ2v) is 6.40. The number of benzene rings is 2. The van der Waals surface area contributed by atoms with Crippen LogP contribution >= 0.6 is 0 Å². The number of nitrogens with zero attached hydrogens (tertiary/aromatic N) is 3. The minimum Gasteiger partial charge on any atom is -0.497 e. The second-order valence-electron chi connectivity index (χ2n) is 6.40. The Morgan fingerprint density at radius 2 is 1.55 bits per heavy atom. The van der Waals surface area contributed by atoms with Crippen molar-refractivity contribution >= 4 is 27.6 Å². The van der Waals surface area contributed by atoms with Crippen molar-refractivity contribution in [3.8, 4) is 17.2 Å². The standard InChI is InChI=1S/C21H23N3O5/c1-25-6-8-28-19-11-15-17(12-20(19)29-9-7-26-2)22-13-24-18-10-14(27-3)4-5-16(18)23-21(15)24/h4-5,10-13H,6-9H2,1-3H3. The Morgan fingerprint density at radius 3 is 2.24 bits per heavy atom. The average molecular weight is 397 g/mol. The van der Waals surface area contributed by atoms with Gasteiger partial charge in [0.1, 0.15) is 30.9 Å². The number of imidazole rings is 1. The fourth-order valence-electron chi connectivity index (χ4n) is 3.16. The molecule has 0 saturated heterocycles. The summed E-state index contributed by atoms with van der Waals surface area (Å²) in [5.41, 5.74) is 3.35. The van der Waals surface area contributed by atoms with Crippen molar-refractivity contribution in [3.05, 3.63) is 36.7 Å². The number of rotatable bonds is 9. The maximum absolute atomic E-state index is 5.90. The Kier molecular flexibility index (Phi) is 5.64. The lowest BCUT2D eigenvalue weighted by molar-refractivity contribution is 0.132. The van der Waals surface area contributed by atoms with E-state index in [1.165, 1.54) is 0 Å². The molecular weight excluding hydrogens is 374 g/mol. The van der Waals surface area contributed by atoms with Crippen molar-refractivity contribution in [1.82, 2.24) is 14.4 Å². The summed E-state index contributed by atoms with van der Waals surface area (Å²) in [6, 6.07) is 9.56. The van der Waals surface area contributed by atoms with Gasteiger partial charge < -0.3 is 23.7 Å². The van der Waals surface area contributed by atoms with Crippen molar-refractivity contribution in [3.63, 3.8) is 0 Å². The summed E-state index contributed by atoms with van der Waals surface area (Å²) < 4.78 is 29.2. The predicted molar refractivity (Wildman–Crippen MR) is 109 cm³/mol. The van der Waals surface area contributed by atoms with Crippen LogP contribution in [0.15, 0.2) is 36.7 Å². The molecule has 0 atom stereocenters. The van der Waals surface area contributed by atoms with Gasteiger partial charge in [-0.25, -0.2) is 9.97 Å². The molecule has 0 N–H and O–H groups in total. The van der Waals surface area contributed by atoms with Crippen molar-refractivity contribution in [2.24, 2.45) is 0 Å². The highest BCUT2D eigenvalue weighted by Crippen LogP contribution is 2.34. The van der Waals surface area contributed by atoms with E-state index in [0.717, 1.165) is 33.3 Å². The minimum atomic E-state index is 0.410. The summed E-state index contributed by atoms with van der Waals surface area (Å²) in [7, 11) is 4.92. The Bertz CT molecular complexity index is 1140. The number of ether oxygens (including phenoxy) is 5. The molecule has 8 heteroatoms. The Labute approximate surface area is 167 Å². The highest BCUT2D eigenvalue weighted by Gasteiger charge is 2.15. The van der Waals surface area contributed by atoms with Crippen molar-refractivity contribution in [2.75, 3.05) is 47.8 Å². The molecule has 2 aromatic carbocycles. The summed E-state index contributed by atoms with van der Waals surface area (Å²) in [5.74, 6) is 2.00. The molecule has 0 saturated carbocycles. The van der Waals surface area contributed by atoms with Crippen LogP contribution < -0.4 is 14.2 Å². The van der Waals surface area contributed by atoms with Crippen LogP contribution in [0.3, 0.4) is 0 Å². The minimum absolute atomic E-state index is 0.410. The number of hydrogen-bond acceptors (Lipinski definition) is 7. The lowest BCUT2D eigenvalue weighted by Gasteiger charge is -2.14. The molecule has 8 nitrogen and oxygen atoms in total. The van der Waals surface area contributed by atoms with Crippen molar-refractivity contribution < 1.29 is 23.7 Å². The zero-order valence-electron chi connectivity index (χ0n) is 16.7. The van der Waals surface area contributed by atoms with E-state index >= 15 is 0 Å². The van der Waals surface area contributed by atoms with E-state index in [2.05, 4.69) is 4.98 Å². The smallest absolute Gasteiger partial charge is 0.163 e. The Morgan fingerprint density at radius 1 is 0.828 bits per heavy atom. The zero-order valence-corrected chi connectivity index (χ0v) is 16.7. The van der Waals surface area contributed by atoms with Crippen LogP contribution in [0.1, 0.15) is 0 Å². The molecule has 0 aliphatic carbocycles. The van der Waals surface area contributed by atoms with Crippen LogP contribution in [-0.2, 0) is 9.47 Å². The lowest BCUT2D eigenvalue weighted by Crippen LogP contribution is -2.08. The van der Waals surface area contributed by atoms with Crippen LogP contribution in [0.4, 0.5) is 0 Å². The van der Waals surface area contributed by atoms with E-state index in [-0.39, 0.29) is 0 Å². The monoisotopic (exact) mass is 397 g/mol. The summed E-state index contributed by atoms with van der Waals surface area (Å²) >= 11 is 0. The maximum atomic E-state index is 5.90. The van der Waals surface area contributed by atoms with E-state index in [9.17, 15) is 0 Å². The average Bonchev–Trinajstić information content (AvgIpc) is 3.12. The van der Waals surface area contributed by atoms with Gasteiger partial charge in [0.2, 0.25) is 0 Å². The van der Waals surface area contributed by atoms with Gasteiger partial charge in [-0.05, 0) is 18.2 Å². The van der Waals surface area contributed by atoms with Crippen LogP contribution in [0.25, 0.3) is 27.6 Å². The second kappa shape index (κ2) is 8.50. The number of fused-ring (bicyclic) bond motifs is 5. The third kappa shape index (κ3) is 3.76. The summed E-state index contributed by atoms with van der Waals surface area (Å²) in [4.78, 5) is 9.39. The Hall–Kier alpha value is -3.10. The molecule has 2 aromatic heterocycles. The van der Waals surface area contributed by atoms with Crippen molar-refractivity contribution in [1.29, 1.82) is 0 Å². The van der Waals surface area contributed by atoms with Gasteiger partial charge in [0.25, 0.3) is 0 Å². The van der Waals surface area contributed by atoms with E-state index in [1.54, 1.807) is 27.7 Å². The molecule has 0 aliphatic heterocycles. The van der Waals surface area contributed by atoms with Gasteiger partial charge >= 0.3 is 0 Å². The molecule has 2 heterocycles. The first-order valence-corrected chi connectivity index (χ1v) is 9.27. The van der Waals surface area contributed by atoms with Gasteiger partial charge in [-0.1, -0.05) is 0 Å². The summed E-state index contributed by atoms with van der Waals surface area (Å²) in [5, 5.41) is 0.870. The summed E-state index contributed by atoms with van der Waals surface area (Å²) in [6.45, 7) is 1.78. The Balaban J connectivity index is 1.84. The first-order chi connectivity index (χ1) is 14.2. The van der Waals surface area contributed by atoms with E-state index < -0.39 is 0 Å². The molecule has 0 spiro atoms. The van der Waals surface area contributed by atoms with Crippen molar-refractivity contribution in [2.45, 2.75) is 0 Å². The van der Waals surface area contributed by atoms with Crippen LogP contribution in [0.5, 0.6) is 17.2 Å². The third-order valence-corrected chi connectivity index (χ3v) is 4.60. The lowest BCUT2D eigenvalue weighted by atomic mass is 10.2. The molecule has 0 fully saturated rings. The normalized spacial score (nSPS) is 11.4. The zero-order chi connectivity index (χ0) is 20.2. The molecule has 0 radical (unpaired) electrons. The summed E-state index contributed by atoms with van der Waals surface area (Å²) in [6.07, 6.45) is 1.76. The fourth-order valence-corrected chi connectivity index (χ4v) is 3.16. The molecule has 4 rings (SSSR count).